The summed E-state index contributed by atoms with van der Waals surface area (Å²) in [7, 11) is -3.15. The summed E-state index contributed by atoms with van der Waals surface area (Å²) in [5.74, 6) is 0.0140. The molecule has 128 valence electrons. The largest absolute Gasteiger partial charge is 0.349 e. The summed E-state index contributed by atoms with van der Waals surface area (Å²) >= 11 is 0. The van der Waals surface area contributed by atoms with Gasteiger partial charge in [-0.05, 0) is 31.4 Å². The Morgan fingerprint density at radius 2 is 2.13 bits per heavy atom. The van der Waals surface area contributed by atoms with Gasteiger partial charge in [0.15, 0.2) is 0 Å². The van der Waals surface area contributed by atoms with E-state index in [0.717, 1.165) is 0 Å². The van der Waals surface area contributed by atoms with Crippen LogP contribution in [-0.2, 0) is 16.6 Å². The molecule has 1 aromatic heterocycles. The zero-order valence-corrected chi connectivity index (χ0v) is 14.2. The van der Waals surface area contributed by atoms with E-state index in [2.05, 4.69) is 10.3 Å². The highest BCUT2D eigenvalue weighted by molar-refractivity contribution is 7.89. The van der Waals surface area contributed by atoms with E-state index >= 15 is 0 Å². The highest BCUT2D eigenvalue weighted by atomic mass is 32.2. The molecule has 0 unspecified atom stereocenters. The van der Waals surface area contributed by atoms with Crippen LogP contribution in [0.5, 0.6) is 0 Å². The fraction of sp³-hybridized carbons (Fsp3) is 0.600. The molecule has 0 aliphatic carbocycles. The molecule has 0 bridgehead atoms. The number of piperidine rings is 1. The fourth-order valence-corrected chi connectivity index (χ4v) is 4.21. The first-order valence-corrected chi connectivity index (χ1v) is 9.51. The van der Waals surface area contributed by atoms with Gasteiger partial charge in [0.2, 0.25) is 10.0 Å². The van der Waals surface area contributed by atoms with Crippen LogP contribution in [0.1, 0.15) is 42.2 Å². The van der Waals surface area contributed by atoms with Crippen molar-refractivity contribution < 1.29 is 13.2 Å². The third kappa shape index (κ3) is 4.73. The quantitative estimate of drug-likeness (QED) is 0.783. The van der Waals surface area contributed by atoms with E-state index in [-0.39, 0.29) is 24.2 Å². The Labute approximate surface area is 137 Å². The number of sulfonamides is 1. The SMILES string of the molecule is CCCS(=O)(=O)N1CCC(NC(=O)c2ccnc(CN)c2)CC1. The van der Waals surface area contributed by atoms with Crippen molar-refractivity contribution in [1.29, 1.82) is 0 Å². The van der Waals surface area contributed by atoms with Crippen molar-refractivity contribution in [2.45, 2.75) is 38.8 Å². The first-order chi connectivity index (χ1) is 11.0. The van der Waals surface area contributed by atoms with Gasteiger partial charge in [-0.1, -0.05) is 6.92 Å². The number of hydrogen-bond acceptors (Lipinski definition) is 5. The number of hydrogen-bond donors (Lipinski definition) is 2. The molecule has 8 heteroatoms. The van der Waals surface area contributed by atoms with Crippen LogP contribution in [-0.4, -0.2) is 48.5 Å². The maximum absolute atomic E-state index is 12.3. The second-order valence-corrected chi connectivity index (χ2v) is 7.79. The highest BCUT2D eigenvalue weighted by Crippen LogP contribution is 2.15. The summed E-state index contributed by atoms with van der Waals surface area (Å²) in [5.41, 5.74) is 6.72. The molecule has 23 heavy (non-hydrogen) atoms. The highest BCUT2D eigenvalue weighted by Gasteiger charge is 2.28. The van der Waals surface area contributed by atoms with E-state index in [1.54, 1.807) is 18.3 Å². The summed E-state index contributed by atoms with van der Waals surface area (Å²) in [6.45, 7) is 3.05. The van der Waals surface area contributed by atoms with Gasteiger partial charge < -0.3 is 11.1 Å². The van der Waals surface area contributed by atoms with Crippen LogP contribution >= 0.6 is 0 Å². The van der Waals surface area contributed by atoms with Gasteiger partial charge in [0.1, 0.15) is 0 Å². The van der Waals surface area contributed by atoms with Crippen molar-refractivity contribution in [2.75, 3.05) is 18.8 Å². The molecule has 1 aliphatic rings. The molecule has 0 saturated carbocycles. The van der Waals surface area contributed by atoms with Crippen LogP contribution in [0.2, 0.25) is 0 Å². The first-order valence-electron chi connectivity index (χ1n) is 7.90. The zero-order valence-electron chi connectivity index (χ0n) is 13.4. The predicted octanol–water partition coefficient (Wildman–Crippen LogP) is 0.474. The normalized spacial score (nSPS) is 17.1. The third-order valence-electron chi connectivity index (χ3n) is 3.93. The van der Waals surface area contributed by atoms with Gasteiger partial charge in [-0.3, -0.25) is 9.78 Å². The van der Waals surface area contributed by atoms with Crippen molar-refractivity contribution in [1.82, 2.24) is 14.6 Å². The number of carbonyl (C=O) groups excluding carboxylic acids is 1. The lowest BCUT2D eigenvalue weighted by Gasteiger charge is -2.31. The lowest BCUT2D eigenvalue weighted by atomic mass is 10.1. The number of carbonyl (C=O) groups is 1. The molecule has 1 aliphatic heterocycles. The molecule has 0 atom stereocenters. The van der Waals surface area contributed by atoms with E-state index < -0.39 is 10.0 Å². The van der Waals surface area contributed by atoms with Crippen molar-refractivity contribution in [3.8, 4) is 0 Å². The van der Waals surface area contributed by atoms with Crippen LogP contribution in [0.15, 0.2) is 18.3 Å². The van der Waals surface area contributed by atoms with E-state index in [1.165, 1.54) is 4.31 Å². The lowest BCUT2D eigenvalue weighted by molar-refractivity contribution is 0.0923. The number of nitrogens with two attached hydrogens (primary N) is 1. The van der Waals surface area contributed by atoms with Gasteiger partial charge in [0, 0.05) is 37.4 Å². The van der Waals surface area contributed by atoms with Crippen molar-refractivity contribution in [3.63, 3.8) is 0 Å². The summed E-state index contributed by atoms with van der Waals surface area (Å²) in [6, 6.07) is 3.32. The maximum atomic E-state index is 12.3. The molecule has 1 fully saturated rings. The molecular weight excluding hydrogens is 316 g/mol. The van der Waals surface area contributed by atoms with Crippen molar-refractivity contribution >= 4 is 15.9 Å². The fourth-order valence-electron chi connectivity index (χ4n) is 2.67. The monoisotopic (exact) mass is 340 g/mol. The number of nitrogens with zero attached hydrogens (tertiary/aromatic N) is 2. The van der Waals surface area contributed by atoms with Crippen molar-refractivity contribution in [2.24, 2.45) is 5.73 Å². The van der Waals surface area contributed by atoms with Gasteiger partial charge in [-0.2, -0.15) is 0 Å². The lowest BCUT2D eigenvalue weighted by Crippen LogP contribution is -2.47. The molecule has 1 amide bonds. The van der Waals surface area contributed by atoms with Crippen LogP contribution in [0.25, 0.3) is 0 Å². The number of amides is 1. The minimum atomic E-state index is -3.15. The Balaban J connectivity index is 1.90. The van der Waals surface area contributed by atoms with Crippen LogP contribution < -0.4 is 11.1 Å². The predicted molar refractivity (Wildman–Crippen MR) is 88.3 cm³/mol. The molecule has 2 heterocycles. The minimum absolute atomic E-state index is 0.00920. The van der Waals surface area contributed by atoms with Crippen LogP contribution in [0, 0.1) is 0 Å². The molecule has 2 rings (SSSR count). The molecular formula is C15H24N4O3S. The molecule has 1 aromatic rings. The molecule has 1 saturated heterocycles. The minimum Gasteiger partial charge on any atom is -0.349 e. The van der Waals surface area contributed by atoms with Gasteiger partial charge >= 0.3 is 0 Å². The second-order valence-electron chi connectivity index (χ2n) is 5.70. The van der Waals surface area contributed by atoms with Gasteiger partial charge in [-0.15, -0.1) is 0 Å². The second kappa shape index (κ2) is 7.85. The van der Waals surface area contributed by atoms with Crippen LogP contribution in [0.4, 0.5) is 0 Å². The number of aromatic nitrogens is 1. The molecule has 7 nitrogen and oxygen atoms in total. The van der Waals surface area contributed by atoms with Crippen LogP contribution in [0.3, 0.4) is 0 Å². The number of nitrogens with one attached hydrogen (secondary N) is 1. The molecule has 0 radical (unpaired) electrons. The third-order valence-corrected chi connectivity index (χ3v) is 6.01. The summed E-state index contributed by atoms with van der Waals surface area (Å²) in [6.07, 6.45) is 3.44. The molecule has 3 N–H and O–H groups in total. The van der Waals surface area contributed by atoms with E-state index in [1.807, 2.05) is 6.92 Å². The number of rotatable bonds is 6. The Bertz CT molecular complexity index is 640. The summed E-state index contributed by atoms with van der Waals surface area (Å²) in [4.78, 5) is 16.3. The Morgan fingerprint density at radius 1 is 1.43 bits per heavy atom. The number of pyridine rings is 1. The standard InChI is InChI=1S/C15H24N4O3S/c1-2-9-23(21,22)19-7-4-13(5-8-19)18-15(20)12-3-6-17-14(10-12)11-16/h3,6,10,13H,2,4-5,7-9,11,16H2,1H3,(H,18,20). The van der Waals surface area contributed by atoms with Gasteiger partial charge in [-0.25, -0.2) is 12.7 Å². The zero-order chi connectivity index (χ0) is 16.9. The Kier molecular flexibility index (Phi) is 6.09. The first kappa shape index (κ1) is 17.8. The van der Waals surface area contributed by atoms with E-state index in [0.29, 0.717) is 43.6 Å². The topological polar surface area (TPSA) is 105 Å². The van der Waals surface area contributed by atoms with E-state index in [9.17, 15) is 13.2 Å². The van der Waals surface area contributed by atoms with Crippen molar-refractivity contribution in [3.05, 3.63) is 29.6 Å². The molecule has 0 aromatic carbocycles. The van der Waals surface area contributed by atoms with Gasteiger partial charge in [0.25, 0.3) is 5.91 Å². The summed E-state index contributed by atoms with van der Waals surface area (Å²) < 4.78 is 25.6. The Morgan fingerprint density at radius 3 is 2.74 bits per heavy atom. The average molecular weight is 340 g/mol. The maximum Gasteiger partial charge on any atom is 0.251 e. The average Bonchev–Trinajstić information content (AvgIpc) is 2.55. The van der Waals surface area contributed by atoms with Gasteiger partial charge in [0.05, 0.1) is 11.4 Å². The Hall–Kier alpha value is -1.51. The molecule has 0 spiro atoms. The smallest absolute Gasteiger partial charge is 0.251 e. The summed E-state index contributed by atoms with van der Waals surface area (Å²) in [5, 5.41) is 2.96. The van der Waals surface area contributed by atoms with E-state index in [4.69, 9.17) is 5.73 Å².